The van der Waals surface area contributed by atoms with Gasteiger partial charge in [0.25, 0.3) is 0 Å². The van der Waals surface area contributed by atoms with Crippen LogP contribution in [0.2, 0.25) is 0 Å². The van der Waals surface area contributed by atoms with Crippen LogP contribution in [0.5, 0.6) is 11.5 Å². The highest BCUT2D eigenvalue weighted by Gasteiger charge is 2.19. The van der Waals surface area contributed by atoms with Crippen LogP contribution in [0.25, 0.3) is 11.4 Å². The molecule has 3 rings (SSSR count). The maximum Gasteiger partial charge on any atom is 0.159 e. The molecule has 0 atom stereocenters. The first-order valence-corrected chi connectivity index (χ1v) is 12.0. The molecule has 1 saturated carbocycles. The van der Waals surface area contributed by atoms with Crippen molar-refractivity contribution in [2.24, 2.45) is 5.92 Å². The summed E-state index contributed by atoms with van der Waals surface area (Å²) in [6.07, 6.45) is 19.3. The van der Waals surface area contributed by atoms with E-state index in [1.165, 1.54) is 64.2 Å². The smallest absolute Gasteiger partial charge is 0.159 e. The number of nitrogens with zero attached hydrogens (tertiary/aromatic N) is 2. The van der Waals surface area contributed by atoms with Gasteiger partial charge in [-0.05, 0) is 43.0 Å². The molecule has 4 nitrogen and oxygen atoms in total. The third-order valence-corrected chi connectivity index (χ3v) is 5.73. The molecule has 2 aromatic rings. The molecule has 1 aromatic heterocycles. The van der Waals surface area contributed by atoms with Gasteiger partial charge in [0.15, 0.2) is 11.6 Å². The Hall–Kier alpha value is -2.10. The summed E-state index contributed by atoms with van der Waals surface area (Å²) in [5.74, 6) is 3.44. The van der Waals surface area contributed by atoms with Gasteiger partial charge < -0.3 is 9.47 Å². The Morgan fingerprint density at radius 3 is 2.00 bits per heavy atom. The van der Waals surface area contributed by atoms with Crippen LogP contribution in [0.15, 0.2) is 36.7 Å². The summed E-state index contributed by atoms with van der Waals surface area (Å²) >= 11 is 0. The predicted molar refractivity (Wildman–Crippen MR) is 123 cm³/mol. The number of hydrogen-bond acceptors (Lipinski definition) is 4. The summed E-state index contributed by atoms with van der Waals surface area (Å²) in [4.78, 5) is 8.92. The lowest BCUT2D eigenvalue weighted by Gasteiger charge is -2.08. The molecular weight excluding hydrogens is 372 g/mol. The fourth-order valence-electron chi connectivity index (χ4n) is 3.62. The average molecular weight is 411 g/mol. The van der Waals surface area contributed by atoms with Crippen molar-refractivity contribution in [2.45, 2.75) is 84.0 Å². The van der Waals surface area contributed by atoms with Crippen LogP contribution in [0.4, 0.5) is 0 Å². The molecule has 0 radical (unpaired) electrons. The predicted octanol–water partition coefficient (Wildman–Crippen LogP) is 7.23. The summed E-state index contributed by atoms with van der Waals surface area (Å²) in [5, 5.41) is 0. The molecule has 0 aliphatic heterocycles. The van der Waals surface area contributed by atoms with E-state index in [9.17, 15) is 0 Å². The highest BCUT2D eigenvalue weighted by molar-refractivity contribution is 5.56. The van der Waals surface area contributed by atoms with Crippen LogP contribution in [0.1, 0.15) is 84.0 Å². The molecule has 1 aromatic carbocycles. The minimum Gasteiger partial charge on any atom is -0.494 e. The van der Waals surface area contributed by atoms with Crippen LogP contribution in [0.3, 0.4) is 0 Å². The van der Waals surface area contributed by atoms with Crippen molar-refractivity contribution in [2.75, 3.05) is 13.2 Å². The van der Waals surface area contributed by atoms with Gasteiger partial charge in [0, 0.05) is 5.56 Å². The van der Waals surface area contributed by atoms with Crippen LogP contribution in [-0.2, 0) is 0 Å². The summed E-state index contributed by atoms with van der Waals surface area (Å²) in [5.41, 5.74) is 0.992. The van der Waals surface area contributed by atoms with Crippen molar-refractivity contribution in [1.29, 1.82) is 0 Å². The van der Waals surface area contributed by atoms with Gasteiger partial charge in [-0.25, -0.2) is 9.97 Å². The standard InChI is InChI=1S/C26H38N2O2/c1-2-3-4-9-18-29-24-16-14-23(15-17-24)26-27-20-25(21-28-26)30-19-10-7-5-6-8-11-22-12-13-22/h14-17,20-22H,2-13,18-19H2,1H3. The average Bonchev–Trinajstić information content (AvgIpc) is 3.61. The van der Waals surface area contributed by atoms with Gasteiger partial charge >= 0.3 is 0 Å². The molecule has 164 valence electrons. The molecule has 1 aliphatic rings. The van der Waals surface area contributed by atoms with Crippen molar-refractivity contribution < 1.29 is 9.47 Å². The van der Waals surface area contributed by atoms with E-state index in [-0.39, 0.29) is 0 Å². The van der Waals surface area contributed by atoms with Gasteiger partial charge in [-0.1, -0.05) is 71.1 Å². The number of hydrogen-bond donors (Lipinski definition) is 0. The fourth-order valence-corrected chi connectivity index (χ4v) is 3.62. The fraction of sp³-hybridized carbons (Fsp3) is 0.615. The quantitative estimate of drug-likeness (QED) is 0.274. The molecular formula is C26H38N2O2. The van der Waals surface area contributed by atoms with Crippen molar-refractivity contribution in [3.63, 3.8) is 0 Å². The first-order chi connectivity index (χ1) is 14.8. The zero-order chi connectivity index (χ0) is 20.9. The lowest BCUT2D eigenvalue weighted by Crippen LogP contribution is -1.99. The second-order valence-electron chi connectivity index (χ2n) is 8.52. The molecule has 0 unspecified atom stereocenters. The Kier molecular flexibility index (Phi) is 9.98. The first kappa shape index (κ1) is 22.6. The van der Waals surface area contributed by atoms with Crippen LogP contribution in [0, 0.1) is 5.92 Å². The Bertz CT molecular complexity index is 696. The van der Waals surface area contributed by atoms with E-state index in [1.807, 2.05) is 24.3 Å². The number of aromatic nitrogens is 2. The van der Waals surface area contributed by atoms with E-state index >= 15 is 0 Å². The minimum atomic E-state index is 0.715. The lowest BCUT2D eigenvalue weighted by molar-refractivity contribution is 0.302. The second-order valence-corrected chi connectivity index (χ2v) is 8.52. The monoisotopic (exact) mass is 410 g/mol. The van der Waals surface area contributed by atoms with Crippen molar-refractivity contribution in [3.8, 4) is 22.9 Å². The molecule has 0 saturated heterocycles. The normalized spacial score (nSPS) is 13.4. The van der Waals surface area contributed by atoms with Gasteiger partial charge in [-0.15, -0.1) is 0 Å². The van der Waals surface area contributed by atoms with Crippen LogP contribution < -0.4 is 9.47 Å². The SMILES string of the molecule is CCCCCCOc1ccc(-c2ncc(OCCCCCCCC3CC3)cn2)cc1. The highest BCUT2D eigenvalue weighted by Crippen LogP contribution is 2.34. The van der Waals surface area contributed by atoms with E-state index in [2.05, 4.69) is 16.9 Å². The van der Waals surface area contributed by atoms with E-state index < -0.39 is 0 Å². The Morgan fingerprint density at radius 2 is 1.33 bits per heavy atom. The molecule has 0 N–H and O–H groups in total. The molecule has 0 amide bonds. The summed E-state index contributed by atoms with van der Waals surface area (Å²) in [6.45, 7) is 3.75. The molecule has 4 heteroatoms. The van der Waals surface area contributed by atoms with E-state index in [4.69, 9.17) is 9.47 Å². The second kappa shape index (κ2) is 13.3. The van der Waals surface area contributed by atoms with Crippen molar-refractivity contribution >= 4 is 0 Å². The van der Waals surface area contributed by atoms with Crippen molar-refractivity contribution in [1.82, 2.24) is 9.97 Å². The topological polar surface area (TPSA) is 44.2 Å². The third-order valence-electron chi connectivity index (χ3n) is 5.73. The van der Waals surface area contributed by atoms with Gasteiger partial charge in [-0.3, -0.25) is 0 Å². The highest BCUT2D eigenvalue weighted by atomic mass is 16.5. The van der Waals surface area contributed by atoms with Crippen LogP contribution >= 0.6 is 0 Å². The number of unbranched alkanes of at least 4 members (excludes halogenated alkanes) is 7. The molecule has 0 spiro atoms. The Labute approximate surface area is 182 Å². The molecule has 1 fully saturated rings. The first-order valence-electron chi connectivity index (χ1n) is 12.0. The van der Waals surface area contributed by atoms with Gasteiger partial charge in [0.2, 0.25) is 0 Å². The number of ether oxygens (including phenoxy) is 2. The van der Waals surface area contributed by atoms with Gasteiger partial charge in [0.05, 0.1) is 25.6 Å². The van der Waals surface area contributed by atoms with Crippen molar-refractivity contribution in [3.05, 3.63) is 36.7 Å². The Morgan fingerprint density at radius 1 is 0.733 bits per heavy atom. The Balaban J connectivity index is 1.30. The summed E-state index contributed by atoms with van der Waals surface area (Å²) in [6, 6.07) is 8.02. The maximum absolute atomic E-state index is 5.80. The summed E-state index contributed by atoms with van der Waals surface area (Å²) in [7, 11) is 0. The minimum absolute atomic E-state index is 0.715. The van der Waals surface area contributed by atoms with Gasteiger partial charge in [0.1, 0.15) is 5.75 Å². The number of benzene rings is 1. The zero-order valence-corrected chi connectivity index (χ0v) is 18.7. The van der Waals surface area contributed by atoms with E-state index in [1.54, 1.807) is 12.4 Å². The largest absolute Gasteiger partial charge is 0.494 e. The zero-order valence-electron chi connectivity index (χ0n) is 18.7. The lowest BCUT2D eigenvalue weighted by atomic mass is 10.1. The molecule has 1 aliphatic carbocycles. The third kappa shape index (κ3) is 8.73. The molecule has 30 heavy (non-hydrogen) atoms. The van der Waals surface area contributed by atoms with E-state index in [0.29, 0.717) is 5.82 Å². The molecule has 0 bridgehead atoms. The van der Waals surface area contributed by atoms with Gasteiger partial charge in [-0.2, -0.15) is 0 Å². The van der Waals surface area contributed by atoms with Crippen LogP contribution in [-0.4, -0.2) is 23.2 Å². The maximum atomic E-state index is 5.80. The molecule has 1 heterocycles. The summed E-state index contributed by atoms with van der Waals surface area (Å²) < 4.78 is 11.6. The number of rotatable bonds is 16. The van der Waals surface area contributed by atoms with E-state index in [0.717, 1.165) is 49.0 Å².